The number of fused-ring (bicyclic) bond motifs is 1. The quantitative estimate of drug-likeness (QED) is 0.0706. The number of rotatable bonds is 9. The molecular weight excluding hydrogens is 632 g/mol. The van der Waals surface area contributed by atoms with Gasteiger partial charge in [-0.15, -0.1) is 11.8 Å². The highest BCUT2D eigenvalue weighted by Gasteiger charge is 2.36. The van der Waals surface area contributed by atoms with E-state index >= 15 is 0 Å². The summed E-state index contributed by atoms with van der Waals surface area (Å²) in [5.41, 5.74) is 4.75. The van der Waals surface area contributed by atoms with Crippen molar-refractivity contribution >= 4 is 44.8 Å². The molecule has 1 heterocycles. The molecule has 0 saturated carbocycles. The molecule has 9 nitrogen and oxygen atoms in total. The van der Waals surface area contributed by atoms with Gasteiger partial charge in [0.05, 0.1) is 16.5 Å². The van der Waals surface area contributed by atoms with Crippen molar-refractivity contribution in [2.75, 3.05) is 6.26 Å². The number of carbonyl (C=O) groups excluding carboxylic acids is 1. The number of hydrogen-bond acceptors (Lipinski definition) is 9. The van der Waals surface area contributed by atoms with Gasteiger partial charge in [-0.3, -0.25) is 9.42 Å². The first kappa shape index (κ1) is 30.8. The predicted octanol–water partition coefficient (Wildman–Crippen LogP) is 7.12. The summed E-state index contributed by atoms with van der Waals surface area (Å²) in [6.07, 6.45) is 3.87. The third kappa shape index (κ3) is 6.17. The Labute approximate surface area is 268 Å². The van der Waals surface area contributed by atoms with Crippen molar-refractivity contribution < 1.29 is 36.6 Å². The second-order valence-electron chi connectivity index (χ2n) is 10.2. The van der Waals surface area contributed by atoms with Crippen LogP contribution in [0.5, 0.6) is 17.4 Å². The van der Waals surface area contributed by atoms with Crippen molar-refractivity contribution in [2.45, 2.75) is 28.2 Å². The first-order valence-corrected chi connectivity index (χ1v) is 16.6. The molecule has 0 unspecified atom stereocenters. The van der Waals surface area contributed by atoms with E-state index < -0.39 is 32.5 Å². The van der Waals surface area contributed by atoms with Crippen LogP contribution in [0.1, 0.15) is 30.0 Å². The van der Waals surface area contributed by atoms with Gasteiger partial charge in [-0.25, -0.2) is 12.8 Å². The number of allylic oxidation sites excluding steroid dienone is 2. The maximum atomic E-state index is 14.4. The Bertz CT molecular complexity index is 2120. The summed E-state index contributed by atoms with van der Waals surface area (Å²) in [6, 6.07) is 25.7. The lowest BCUT2D eigenvalue weighted by Crippen LogP contribution is -2.30. The minimum absolute atomic E-state index is 0.0325. The van der Waals surface area contributed by atoms with E-state index in [9.17, 15) is 22.8 Å². The molecule has 0 atom stereocenters. The van der Waals surface area contributed by atoms with E-state index in [-0.39, 0.29) is 27.7 Å². The lowest BCUT2D eigenvalue weighted by Gasteiger charge is -2.09. The van der Waals surface area contributed by atoms with E-state index in [0.717, 1.165) is 27.2 Å². The monoisotopic (exact) mass is 656 g/mol. The molecule has 6 rings (SSSR count). The second-order valence-corrected chi connectivity index (χ2v) is 13.0. The van der Waals surface area contributed by atoms with E-state index in [1.165, 1.54) is 60.7 Å². The molecule has 1 aliphatic rings. The van der Waals surface area contributed by atoms with Crippen LogP contribution in [0, 0.1) is 11.0 Å². The van der Waals surface area contributed by atoms with Gasteiger partial charge in [0.15, 0.2) is 0 Å². The smallest absolute Gasteiger partial charge is 0.420 e. The number of nitrogens with zero attached hydrogens (tertiary/aromatic N) is 2. The van der Waals surface area contributed by atoms with Crippen LogP contribution in [-0.4, -0.2) is 25.8 Å². The summed E-state index contributed by atoms with van der Waals surface area (Å²) in [6.45, 7) is 1.89. The molecule has 0 bridgehead atoms. The first-order valence-electron chi connectivity index (χ1n) is 13.9. The van der Waals surface area contributed by atoms with Crippen LogP contribution in [0.25, 0.3) is 17.2 Å². The maximum absolute atomic E-state index is 14.4. The number of thioether (sulfide) groups is 1. The minimum atomic E-state index is -4.33. The third-order valence-electron chi connectivity index (χ3n) is 7.31. The van der Waals surface area contributed by atoms with E-state index in [2.05, 4.69) is 9.79 Å². The van der Waals surface area contributed by atoms with Crippen LogP contribution in [0.15, 0.2) is 122 Å². The van der Waals surface area contributed by atoms with Gasteiger partial charge < -0.3 is 14.7 Å². The first-order chi connectivity index (χ1) is 22.1. The zero-order valence-corrected chi connectivity index (χ0v) is 26.1. The highest BCUT2D eigenvalue weighted by molar-refractivity contribution is 7.98. The number of benzene rings is 4. The molecule has 4 aromatic carbocycles. The topological polar surface area (TPSA) is 123 Å². The minimum Gasteiger partial charge on any atom is -0.426 e. The molecule has 5 aromatic rings. The van der Waals surface area contributed by atoms with Crippen LogP contribution in [0.3, 0.4) is 0 Å². The summed E-state index contributed by atoms with van der Waals surface area (Å²) in [4.78, 5) is 13.9. The predicted molar refractivity (Wildman–Crippen MR) is 169 cm³/mol. The summed E-state index contributed by atoms with van der Waals surface area (Å²) in [5, 5.41) is 14.9. The maximum Gasteiger partial charge on any atom is 0.420 e. The van der Waals surface area contributed by atoms with Gasteiger partial charge in [0.25, 0.3) is 9.84 Å². The van der Waals surface area contributed by atoms with Gasteiger partial charge in [-0.2, -0.15) is 0 Å². The van der Waals surface area contributed by atoms with Crippen molar-refractivity contribution in [1.29, 1.82) is 0 Å². The highest BCUT2D eigenvalue weighted by atomic mass is 32.2. The van der Waals surface area contributed by atoms with Gasteiger partial charge in [0.1, 0.15) is 17.3 Å². The van der Waals surface area contributed by atoms with Gasteiger partial charge in [0.2, 0.25) is 0 Å². The summed E-state index contributed by atoms with van der Waals surface area (Å²) in [7, 11) is -4.33. The molecule has 46 heavy (non-hydrogen) atoms. The number of sulfone groups is 1. The van der Waals surface area contributed by atoms with E-state index in [4.69, 9.17) is 9.47 Å². The largest absolute Gasteiger partial charge is 0.426 e. The Morgan fingerprint density at radius 1 is 0.978 bits per heavy atom. The molecule has 232 valence electrons. The van der Waals surface area contributed by atoms with Crippen molar-refractivity contribution in [3.8, 4) is 17.4 Å². The number of esters is 1. The van der Waals surface area contributed by atoms with Gasteiger partial charge >= 0.3 is 16.9 Å². The van der Waals surface area contributed by atoms with Crippen LogP contribution in [-0.2, 0) is 14.6 Å². The molecule has 0 N–H and O–H groups in total. The Hall–Kier alpha value is -5.20. The molecule has 0 saturated heterocycles. The number of halogens is 1. The molecule has 0 fully saturated rings. The van der Waals surface area contributed by atoms with Crippen molar-refractivity contribution in [1.82, 2.24) is 5.16 Å². The normalized spacial score (nSPS) is 13.6. The Balaban J connectivity index is 1.23. The lowest BCUT2D eigenvalue weighted by atomic mass is 10.0. The molecule has 0 radical (unpaired) electrons. The van der Waals surface area contributed by atoms with Crippen molar-refractivity contribution in [3.05, 3.63) is 130 Å². The average molecular weight is 657 g/mol. The van der Waals surface area contributed by atoms with Gasteiger partial charge in [-0.1, -0.05) is 42.5 Å². The standard InChI is InChI=1S/C34H25FN2O7S2/c1-21-29(17-22-11-14-26(45-2)15-12-22)28-16-13-23(35)18-31(28)30(21)20-32(38)42-24-7-6-8-25(19-24)43-33-34(37(39)44-36-33)46(40,41)27-9-4-3-5-10-27/h3-19H,20H2,1-2H3/b29-17-. The Morgan fingerprint density at radius 3 is 2.46 bits per heavy atom. The Kier molecular flexibility index (Phi) is 8.48. The third-order valence-corrected chi connectivity index (χ3v) is 9.78. The molecule has 0 aliphatic heterocycles. The van der Waals surface area contributed by atoms with Crippen LogP contribution >= 0.6 is 11.8 Å². The molecular formula is C34H25FN2O7S2. The fraction of sp³-hybridized carbons (Fsp3) is 0.0882. The summed E-state index contributed by atoms with van der Waals surface area (Å²) >= 11 is 1.65. The zero-order chi connectivity index (χ0) is 32.4. The highest BCUT2D eigenvalue weighted by Crippen LogP contribution is 2.44. The van der Waals surface area contributed by atoms with Crippen LogP contribution in [0.4, 0.5) is 4.39 Å². The lowest BCUT2D eigenvalue weighted by molar-refractivity contribution is -0.832. The van der Waals surface area contributed by atoms with E-state index in [1.54, 1.807) is 23.9 Å². The molecule has 0 amide bonds. The number of ether oxygens (including phenoxy) is 2. The van der Waals surface area contributed by atoms with Crippen molar-refractivity contribution in [3.63, 3.8) is 0 Å². The van der Waals surface area contributed by atoms with Crippen molar-refractivity contribution in [2.24, 2.45) is 0 Å². The van der Waals surface area contributed by atoms with E-state index in [0.29, 0.717) is 11.1 Å². The number of hydrogen-bond donors (Lipinski definition) is 0. The van der Waals surface area contributed by atoms with E-state index in [1.807, 2.05) is 43.5 Å². The molecule has 1 aliphatic carbocycles. The summed E-state index contributed by atoms with van der Waals surface area (Å²) < 4.78 is 56.3. The SMILES string of the molecule is CSc1ccc(/C=C2/C(C)=C(CC(=O)Oc3cccc(Oc4no[n+]([O-])c4S(=O)(=O)c4ccccc4)c3)c3cc(F)ccc32)cc1. The zero-order valence-electron chi connectivity index (χ0n) is 24.5. The fourth-order valence-electron chi connectivity index (χ4n) is 5.09. The average Bonchev–Trinajstić information content (AvgIpc) is 3.54. The number of aromatic nitrogens is 2. The summed E-state index contributed by atoms with van der Waals surface area (Å²) in [5.74, 6) is -1.50. The number of carbonyl (C=O) groups is 1. The second kappa shape index (κ2) is 12.7. The van der Waals surface area contributed by atoms with Crippen LogP contribution in [0.2, 0.25) is 0 Å². The molecule has 12 heteroatoms. The Morgan fingerprint density at radius 2 is 1.72 bits per heavy atom. The van der Waals surface area contributed by atoms with Crippen LogP contribution < -0.4 is 14.4 Å². The molecule has 0 spiro atoms. The fourth-order valence-corrected chi connectivity index (χ4v) is 6.77. The van der Waals surface area contributed by atoms with Gasteiger partial charge in [-0.05, 0) is 106 Å². The van der Waals surface area contributed by atoms with Gasteiger partial charge in [0, 0.05) is 11.0 Å². The molecule has 1 aromatic heterocycles.